The molecule has 1 saturated carbocycles. The van der Waals surface area contributed by atoms with Crippen LogP contribution in [0.5, 0.6) is 0 Å². The Balaban J connectivity index is 1.95. The minimum absolute atomic E-state index is 0.521. The van der Waals surface area contributed by atoms with Gasteiger partial charge in [-0.05, 0) is 25.8 Å². The van der Waals surface area contributed by atoms with Gasteiger partial charge in [0.1, 0.15) is 0 Å². The molecule has 1 heterocycles. The first-order valence-electron chi connectivity index (χ1n) is 7.44. The van der Waals surface area contributed by atoms with Gasteiger partial charge in [0.05, 0.1) is 12.7 Å². The number of fused-ring (bicyclic) bond motifs is 1. The molecule has 1 aliphatic carbocycles. The summed E-state index contributed by atoms with van der Waals surface area (Å²) in [5, 5.41) is 3.51. The van der Waals surface area contributed by atoms with Crippen molar-refractivity contribution in [3.63, 3.8) is 0 Å². The second kappa shape index (κ2) is 6.72. The Hall–Kier alpha value is -0.120. The van der Waals surface area contributed by atoms with E-state index in [2.05, 4.69) is 24.1 Å². The van der Waals surface area contributed by atoms with Crippen LogP contribution in [0.2, 0.25) is 0 Å². The Bertz CT molecular complexity index is 220. The molecule has 100 valence electrons. The number of nitrogens with one attached hydrogen (secondary N) is 1. The third-order valence-electron chi connectivity index (χ3n) is 4.35. The molecule has 2 rings (SSSR count). The summed E-state index contributed by atoms with van der Waals surface area (Å²) in [5.74, 6) is 0. The molecule has 3 heteroatoms. The Morgan fingerprint density at radius 1 is 1.29 bits per heavy atom. The van der Waals surface area contributed by atoms with E-state index in [1.54, 1.807) is 0 Å². The molecule has 0 aromatic heterocycles. The molecule has 0 aromatic rings. The minimum Gasteiger partial charge on any atom is -0.375 e. The van der Waals surface area contributed by atoms with E-state index in [4.69, 9.17) is 4.74 Å². The first-order valence-corrected chi connectivity index (χ1v) is 7.44. The standard InChI is InChI=1S/C14H28N2O/c1-3-12(11-15-4-2)16-9-10-17-14-8-6-5-7-13(14)16/h12-15H,3-11H2,1-2H3. The lowest BCUT2D eigenvalue weighted by atomic mass is 9.89. The van der Waals surface area contributed by atoms with Crippen LogP contribution >= 0.6 is 0 Å². The highest BCUT2D eigenvalue weighted by atomic mass is 16.5. The predicted octanol–water partition coefficient (Wildman–Crippen LogP) is 2.02. The van der Waals surface area contributed by atoms with Crippen molar-refractivity contribution in [2.24, 2.45) is 0 Å². The minimum atomic E-state index is 0.521. The molecule has 17 heavy (non-hydrogen) atoms. The maximum atomic E-state index is 5.95. The third-order valence-corrected chi connectivity index (χ3v) is 4.35. The fourth-order valence-electron chi connectivity index (χ4n) is 3.39. The van der Waals surface area contributed by atoms with E-state index in [1.165, 1.54) is 32.1 Å². The Morgan fingerprint density at radius 2 is 2.12 bits per heavy atom. The van der Waals surface area contributed by atoms with Crippen LogP contribution in [0.25, 0.3) is 0 Å². The molecule has 0 radical (unpaired) electrons. The largest absolute Gasteiger partial charge is 0.375 e. The summed E-state index contributed by atoms with van der Waals surface area (Å²) in [6.07, 6.45) is 7.13. The van der Waals surface area contributed by atoms with Crippen LogP contribution in [0, 0.1) is 0 Å². The van der Waals surface area contributed by atoms with Crippen LogP contribution in [0.3, 0.4) is 0 Å². The molecule has 3 atom stereocenters. The maximum Gasteiger partial charge on any atom is 0.0731 e. The fourth-order valence-corrected chi connectivity index (χ4v) is 3.39. The van der Waals surface area contributed by atoms with Crippen molar-refractivity contribution in [2.75, 3.05) is 26.2 Å². The molecule has 0 spiro atoms. The van der Waals surface area contributed by atoms with Gasteiger partial charge in [0.2, 0.25) is 0 Å². The van der Waals surface area contributed by atoms with Gasteiger partial charge >= 0.3 is 0 Å². The van der Waals surface area contributed by atoms with E-state index >= 15 is 0 Å². The van der Waals surface area contributed by atoms with Crippen LogP contribution in [0.15, 0.2) is 0 Å². The van der Waals surface area contributed by atoms with Gasteiger partial charge in [0.25, 0.3) is 0 Å². The SMILES string of the molecule is CCNCC(CC)N1CCOC2CCCCC21. The summed E-state index contributed by atoms with van der Waals surface area (Å²) < 4.78 is 5.95. The number of nitrogens with zero attached hydrogens (tertiary/aromatic N) is 1. The molecule has 3 nitrogen and oxygen atoms in total. The second-order valence-electron chi connectivity index (χ2n) is 5.37. The van der Waals surface area contributed by atoms with Crippen molar-refractivity contribution >= 4 is 0 Å². The first kappa shape index (κ1) is 13.3. The monoisotopic (exact) mass is 240 g/mol. The summed E-state index contributed by atoms with van der Waals surface area (Å²) in [5.41, 5.74) is 0. The zero-order valence-corrected chi connectivity index (χ0v) is 11.5. The maximum absolute atomic E-state index is 5.95. The van der Waals surface area contributed by atoms with E-state index in [0.29, 0.717) is 18.2 Å². The topological polar surface area (TPSA) is 24.5 Å². The first-order chi connectivity index (χ1) is 8.36. The average molecular weight is 240 g/mol. The lowest BCUT2D eigenvalue weighted by molar-refractivity contribution is -0.102. The number of likely N-dealkylation sites (N-methyl/N-ethyl adjacent to an activating group) is 1. The quantitative estimate of drug-likeness (QED) is 0.795. The lowest BCUT2D eigenvalue weighted by Crippen LogP contribution is -2.58. The summed E-state index contributed by atoms with van der Waals surface area (Å²) in [7, 11) is 0. The molecule has 2 fully saturated rings. The van der Waals surface area contributed by atoms with Crippen molar-refractivity contribution in [3.05, 3.63) is 0 Å². The number of ether oxygens (including phenoxy) is 1. The molecule has 0 bridgehead atoms. The van der Waals surface area contributed by atoms with Gasteiger partial charge in [-0.2, -0.15) is 0 Å². The van der Waals surface area contributed by atoms with E-state index in [9.17, 15) is 0 Å². The number of hydrogen-bond acceptors (Lipinski definition) is 3. The summed E-state index contributed by atoms with van der Waals surface area (Å²) >= 11 is 0. The van der Waals surface area contributed by atoms with Crippen molar-refractivity contribution < 1.29 is 4.74 Å². The molecular weight excluding hydrogens is 212 g/mol. The van der Waals surface area contributed by atoms with Crippen LogP contribution in [0.1, 0.15) is 46.0 Å². The highest BCUT2D eigenvalue weighted by Crippen LogP contribution is 2.30. The number of morpholine rings is 1. The second-order valence-corrected chi connectivity index (χ2v) is 5.37. The molecule has 0 aromatic carbocycles. The van der Waals surface area contributed by atoms with Gasteiger partial charge in [-0.3, -0.25) is 4.90 Å². The molecular formula is C14H28N2O. The van der Waals surface area contributed by atoms with E-state index in [0.717, 1.165) is 26.2 Å². The molecule has 1 saturated heterocycles. The lowest BCUT2D eigenvalue weighted by Gasteiger charge is -2.47. The fraction of sp³-hybridized carbons (Fsp3) is 1.00. The van der Waals surface area contributed by atoms with Gasteiger partial charge in [0.15, 0.2) is 0 Å². The van der Waals surface area contributed by atoms with E-state index in [1.807, 2.05) is 0 Å². The number of hydrogen-bond donors (Lipinski definition) is 1. The van der Waals surface area contributed by atoms with Gasteiger partial charge in [0, 0.05) is 25.2 Å². The predicted molar refractivity (Wildman–Crippen MR) is 71.3 cm³/mol. The molecule has 2 aliphatic rings. The normalized spacial score (nSPS) is 32.1. The highest BCUT2D eigenvalue weighted by Gasteiger charge is 2.36. The molecule has 3 unspecified atom stereocenters. The molecule has 1 N–H and O–H groups in total. The molecule has 1 aliphatic heterocycles. The zero-order valence-electron chi connectivity index (χ0n) is 11.5. The van der Waals surface area contributed by atoms with Gasteiger partial charge < -0.3 is 10.1 Å². The summed E-state index contributed by atoms with van der Waals surface area (Å²) in [6.45, 7) is 8.78. The molecule has 0 amide bonds. The van der Waals surface area contributed by atoms with Gasteiger partial charge in [-0.1, -0.05) is 26.7 Å². The van der Waals surface area contributed by atoms with E-state index in [-0.39, 0.29) is 0 Å². The average Bonchev–Trinajstić information content (AvgIpc) is 2.40. The Morgan fingerprint density at radius 3 is 2.88 bits per heavy atom. The van der Waals surface area contributed by atoms with Gasteiger partial charge in [-0.15, -0.1) is 0 Å². The van der Waals surface area contributed by atoms with E-state index < -0.39 is 0 Å². The van der Waals surface area contributed by atoms with Crippen LogP contribution in [-0.4, -0.2) is 49.3 Å². The summed E-state index contributed by atoms with van der Waals surface area (Å²) in [4.78, 5) is 2.73. The summed E-state index contributed by atoms with van der Waals surface area (Å²) in [6, 6.07) is 1.39. The smallest absolute Gasteiger partial charge is 0.0731 e. The van der Waals surface area contributed by atoms with Crippen molar-refractivity contribution in [3.8, 4) is 0 Å². The Kier molecular flexibility index (Phi) is 5.26. The Labute approximate surface area is 106 Å². The van der Waals surface area contributed by atoms with Crippen molar-refractivity contribution in [1.82, 2.24) is 10.2 Å². The van der Waals surface area contributed by atoms with Crippen molar-refractivity contribution in [1.29, 1.82) is 0 Å². The highest BCUT2D eigenvalue weighted by molar-refractivity contribution is 4.90. The van der Waals surface area contributed by atoms with Gasteiger partial charge in [-0.25, -0.2) is 0 Å². The van der Waals surface area contributed by atoms with Crippen LogP contribution in [0.4, 0.5) is 0 Å². The van der Waals surface area contributed by atoms with Crippen LogP contribution < -0.4 is 5.32 Å². The number of rotatable bonds is 5. The third kappa shape index (κ3) is 3.21. The van der Waals surface area contributed by atoms with Crippen LogP contribution in [-0.2, 0) is 4.74 Å². The van der Waals surface area contributed by atoms with Crippen molar-refractivity contribution in [2.45, 2.75) is 64.1 Å². The zero-order chi connectivity index (χ0) is 12.1.